The average molecular weight is 571 g/mol. The highest BCUT2D eigenvalue weighted by Crippen LogP contribution is 2.25. The van der Waals surface area contributed by atoms with Gasteiger partial charge in [-0.1, -0.05) is 62.2 Å². The van der Waals surface area contributed by atoms with Crippen LogP contribution < -0.4 is 9.62 Å². The van der Waals surface area contributed by atoms with E-state index in [-0.39, 0.29) is 29.8 Å². The van der Waals surface area contributed by atoms with Crippen molar-refractivity contribution in [2.45, 2.75) is 46.7 Å². The first-order valence-electron chi connectivity index (χ1n) is 11.8. The molecule has 1 N–H and O–H groups in total. The maximum absolute atomic E-state index is 13.7. The first-order chi connectivity index (χ1) is 17.2. The summed E-state index contributed by atoms with van der Waals surface area (Å²) < 4.78 is 26.4. The molecule has 37 heavy (non-hydrogen) atoms. The van der Waals surface area contributed by atoms with Gasteiger partial charge in [-0.25, -0.2) is 8.42 Å². The van der Waals surface area contributed by atoms with Crippen molar-refractivity contribution in [2.24, 2.45) is 5.92 Å². The van der Waals surface area contributed by atoms with Crippen molar-refractivity contribution in [1.29, 1.82) is 0 Å². The molecule has 0 aromatic heterocycles. The van der Waals surface area contributed by atoms with E-state index < -0.39 is 28.5 Å². The number of rotatable bonds is 12. The number of carbonyl (C=O) groups is 3. The quantitative estimate of drug-likeness (QED) is 0.378. The molecule has 2 rings (SSSR count). The van der Waals surface area contributed by atoms with Crippen molar-refractivity contribution >= 4 is 56.5 Å². The molecular weight excluding hydrogens is 537 g/mol. The number of anilines is 1. The van der Waals surface area contributed by atoms with Gasteiger partial charge < -0.3 is 10.2 Å². The van der Waals surface area contributed by atoms with Gasteiger partial charge in [-0.3, -0.25) is 18.7 Å². The van der Waals surface area contributed by atoms with Gasteiger partial charge in [0.05, 0.1) is 22.0 Å². The van der Waals surface area contributed by atoms with Gasteiger partial charge in [0.1, 0.15) is 12.6 Å². The summed E-state index contributed by atoms with van der Waals surface area (Å²) in [7, 11) is -3.91. The van der Waals surface area contributed by atoms with E-state index in [4.69, 9.17) is 23.2 Å². The molecule has 0 saturated carbocycles. The van der Waals surface area contributed by atoms with Crippen LogP contribution in [0.5, 0.6) is 0 Å². The van der Waals surface area contributed by atoms with E-state index in [0.29, 0.717) is 34.1 Å². The minimum Gasteiger partial charge on any atom is -0.354 e. The normalized spacial score (nSPS) is 12.2. The molecule has 0 aliphatic rings. The highest BCUT2D eigenvalue weighted by molar-refractivity contribution is 7.92. The average Bonchev–Trinajstić information content (AvgIpc) is 2.82. The summed E-state index contributed by atoms with van der Waals surface area (Å²) in [5.41, 5.74) is 1.11. The third-order valence-corrected chi connectivity index (χ3v) is 7.51. The molecule has 0 bridgehead atoms. The second-order valence-electron chi connectivity index (χ2n) is 9.21. The molecule has 0 saturated heterocycles. The summed E-state index contributed by atoms with van der Waals surface area (Å²) >= 11 is 12.2. The zero-order valence-electron chi connectivity index (χ0n) is 21.6. The lowest BCUT2D eigenvalue weighted by Gasteiger charge is -2.33. The molecule has 8 nitrogen and oxygen atoms in total. The minimum atomic E-state index is -3.91. The fourth-order valence-corrected chi connectivity index (χ4v) is 4.83. The number of Topliss-reactive ketones (excluding diaryl/α,β-unsaturated/α-hetero) is 1. The molecule has 2 amide bonds. The van der Waals surface area contributed by atoms with Crippen molar-refractivity contribution in [3.63, 3.8) is 0 Å². The van der Waals surface area contributed by atoms with Gasteiger partial charge in [-0.15, -0.1) is 0 Å². The number of halogens is 2. The zero-order valence-corrected chi connectivity index (χ0v) is 24.0. The Kier molecular flexibility index (Phi) is 11.0. The number of sulfonamides is 1. The number of ketones is 1. The molecule has 2 aromatic rings. The van der Waals surface area contributed by atoms with Gasteiger partial charge in [-0.2, -0.15) is 0 Å². The van der Waals surface area contributed by atoms with Crippen LogP contribution in [0.3, 0.4) is 0 Å². The Morgan fingerprint density at radius 2 is 1.70 bits per heavy atom. The summed E-state index contributed by atoms with van der Waals surface area (Å²) in [4.78, 5) is 40.0. The van der Waals surface area contributed by atoms with E-state index in [9.17, 15) is 22.8 Å². The lowest BCUT2D eigenvalue weighted by Crippen LogP contribution is -2.52. The first-order valence-corrected chi connectivity index (χ1v) is 14.4. The molecule has 0 unspecified atom stereocenters. The Bertz CT molecular complexity index is 1250. The number of nitrogens with zero attached hydrogens (tertiary/aromatic N) is 2. The Balaban J connectivity index is 2.48. The van der Waals surface area contributed by atoms with Crippen molar-refractivity contribution in [3.05, 3.63) is 63.6 Å². The fourth-order valence-electron chi connectivity index (χ4n) is 3.67. The molecule has 0 spiro atoms. The van der Waals surface area contributed by atoms with E-state index in [0.717, 1.165) is 10.6 Å². The number of benzene rings is 2. The molecule has 0 radical (unpaired) electrons. The van der Waals surface area contributed by atoms with Crippen LogP contribution >= 0.6 is 23.2 Å². The summed E-state index contributed by atoms with van der Waals surface area (Å²) in [5.74, 6) is -0.962. The van der Waals surface area contributed by atoms with E-state index in [2.05, 4.69) is 5.32 Å². The van der Waals surface area contributed by atoms with Crippen LogP contribution in [0.4, 0.5) is 5.69 Å². The molecule has 1 atom stereocenters. The predicted molar refractivity (Wildman–Crippen MR) is 148 cm³/mol. The van der Waals surface area contributed by atoms with Gasteiger partial charge in [-0.05, 0) is 49.1 Å². The standard InChI is InChI=1S/C26H33Cl2N3O5S/c1-6-24(26(34)29-14-17(2)3)30(15-19-10-11-22(27)23(28)12-19)25(33)16-31(37(5,35)36)21-9-7-8-20(13-21)18(4)32/h7-13,17,24H,6,14-16H2,1-5H3,(H,29,34)/t24-/m1/s1. The largest absolute Gasteiger partial charge is 0.354 e. The molecule has 2 aromatic carbocycles. The maximum atomic E-state index is 13.7. The van der Waals surface area contributed by atoms with Crippen molar-refractivity contribution in [2.75, 3.05) is 23.7 Å². The maximum Gasteiger partial charge on any atom is 0.244 e. The minimum absolute atomic E-state index is 0.00835. The van der Waals surface area contributed by atoms with E-state index in [1.807, 2.05) is 13.8 Å². The highest BCUT2D eigenvalue weighted by Gasteiger charge is 2.32. The monoisotopic (exact) mass is 569 g/mol. The SMILES string of the molecule is CC[C@H](C(=O)NCC(C)C)N(Cc1ccc(Cl)c(Cl)c1)C(=O)CN(c1cccc(C(C)=O)c1)S(C)(=O)=O. The highest BCUT2D eigenvalue weighted by atomic mass is 35.5. The second kappa shape index (κ2) is 13.3. The molecule has 11 heteroatoms. The van der Waals surface area contributed by atoms with Crippen molar-refractivity contribution < 1.29 is 22.8 Å². The van der Waals surface area contributed by atoms with E-state index in [1.54, 1.807) is 37.3 Å². The molecule has 0 aliphatic heterocycles. The van der Waals surface area contributed by atoms with Gasteiger partial charge >= 0.3 is 0 Å². The smallest absolute Gasteiger partial charge is 0.244 e. The Labute approximate surface area is 229 Å². The summed E-state index contributed by atoms with van der Waals surface area (Å²) in [6.07, 6.45) is 1.28. The van der Waals surface area contributed by atoms with E-state index >= 15 is 0 Å². The number of amides is 2. The zero-order chi connectivity index (χ0) is 27.9. The summed E-state index contributed by atoms with van der Waals surface area (Å²) in [6.45, 7) is 6.94. The first kappa shape index (κ1) is 30.6. The van der Waals surface area contributed by atoms with Crippen LogP contribution in [0.25, 0.3) is 0 Å². The van der Waals surface area contributed by atoms with Crippen LogP contribution in [0.1, 0.15) is 50.0 Å². The molecule has 0 aliphatic carbocycles. The number of hydrogen-bond acceptors (Lipinski definition) is 5. The van der Waals surface area contributed by atoms with Crippen LogP contribution in [0.2, 0.25) is 10.0 Å². The molecule has 0 heterocycles. The van der Waals surface area contributed by atoms with Crippen molar-refractivity contribution in [3.8, 4) is 0 Å². The Morgan fingerprint density at radius 3 is 2.24 bits per heavy atom. The number of carbonyl (C=O) groups excluding carboxylic acids is 3. The number of nitrogens with one attached hydrogen (secondary N) is 1. The molecular formula is C26H33Cl2N3O5S. The molecule has 0 fully saturated rings. The van der Waals surface area contributed by atoms with Crippen LogP contribution in [0, 0.1) is 5.92 Å². The van der Waals surface area contributed by atoms with Gasteiger partial charge in [0, 0.05) is 18.7 Å². The lowest BCUT2D eigenvalue weighted by atomic mass is 10.1. The van der Waals surface area contributed by atoms with Crippen LogP contribution in [0.15, 0.2) is 42.5 Å². The predicted octanol–water partition coefficient (Wildman–Crippen LogP) is 4.54. The third kappa shape index (κ3) is 8.72. The lowest BCUT2D eigenvalue weighted by molar-refractivity contribution is -0.140. The van der Waals surface area contributed by atoms with Gasteiger partial charge in [0.2, 0.25) is 21.8 Å². The second-order valence-corrected chi connectivity index (χ2v) is 11.9. The topological polar surface area (TPSA) is 104 Å². The van der Waals surface area contributed by atoms with Crippen LogP contribution in [-0.4, -0.2) is 56.3 Å². The Morgan fingerprint density at radius 1 is 1.03 bits per heavy atom. The Hall–Kier alpha value is -2.62. The van der Waals surface area contributed by atoms with Crippen molar-refractivity contribution in [1.82, 2.24) is 10.2 Å². The van der Waals surface area contributed by atoms with E-state index in [1.165, 1.54) is 24.0 Å². The molecule has 202 valence electrons. The fraction of sp³-hybridized carbons (Fsp3) is 0.423. The van der Waals surface area contributed by atoms with Crippen LogP contribution in [-0.2, 0) is 26.2 Å². The number of hydrogen-bond donors (Lipinski definition) is 1. The third-order valence-electron chi connectivity index (χ3n) is 5.63. The van der Waals surface area contributed by atoms with Gasteiger partial charge in [0.15, 0.2) is 5.78 Å². The summed E-state index contributed by atoms with van der Waals surface area (Å²) in [5, 5.41) is 3.50. The summed E-state index contributed by atoms with van der Waals surface area (Å²) in [6, 6.07) is 10.1. The van der Waals surface area contributed by atoms with Gasteiger partial charge in [0.25, 0.3) is 0 Å².